The van der Waals surface area contributed by atoms with Crippen LogP contribution < -0.4 is 4.74 Å². The first-order valence-corrected chi connectivity index (χ1v) is 5.36. The van der Waals surface area contributed by atoms with E-state index in [2.05, 4.69) is 9.97 Å². The number of ether oxygens (including phenoxy) is 1. The number of nitrogens with zero attached hydrogens (tertiary/aromatic N) is 2. The number of pyridine rings is 2. The van der Waals surface area contributed by atoms with Crippen LogP contribution in [0.1, 0.15) is 5.69 Å². The smallest absolute Gasteiger partial charge is 0.457 e. The summed E-state index contributed by atoms with van der Waals surface area (Å²) in [6, 6.07) is 3.44. The van der Waals surface area contributed by atoms with Crippen molar-refractivity contribution >= 4 is 10.9 Å². The van der Waals surface area contributed by atoms with Gasteiger partial charge in [-0.3, -0.25) is 9.97 Å². The number of alkyl halides is 3. The Balaban J connectivity index is 2.12. The molecule has 2 aromatic rings. The first-order chi connectivity index (χ1) is 8.96. The molecule has 98 valence electrons. The fourth-order valence-corrected chi connectivity index (χ4v) is 1.52. The lowest BCUT2D eigenvalue weighted by Gasteiger charge is -2.04. The Morgan fingerprint density at radius 1 is 1.32 bits per heavy atom. The predicted molar refractivity (Wildman–Crippen MR) is 63.6 cm³/mol. The normalized spacial score (nSPS) is 10.9. The summed E-state index contributed by atoms with van der Waals surface area (Å²) in [6.45, 7) is 1.49. The maximum absolute atomic E-state index is 11.8. The molecule has 2 rings (SSSR count). The van der Waals surface area contributed by atoms with Crippen molar-refractivity contribution in [1.29, 1.82) is 0 Å². The van der Waals surface area contributed by atoms with Crippen LogP contribution in [0.25, 0.3) is 10.9 Å². The van der Waals surface area contributed by atoms with Gasteiger partial charge in [-0.2, -0.15) is 13.2 Å². The molecule has 0 saturated heterocycles. The Hall–Kier alpha value is -2.29. The standard InChI is InChI=1S/C13H9F3N2O/c1-9-12-10(3-5-17-9)7-11(8-18-12)19-6-2-4-13(14,15)16/h3,5,7-8H,6H2,1H3. The molecule has 0 aliphatic heterocycles. The molecule has 0 spiro atoms. The van der Waals surface area contributed by atoms with E-state index in [1.807, 2.05) is 12.8 Å². The van der Waals surface area contributed by atoms with E-state index in [1.54, 1.807) is 18.3 Å². The monoisotopic (exact) mass is 266 g/mol. The summed E-state index contributed by atoms with van der Waals surface area (Å²) >= 11 is 0. The van der Waals surface area contributed by atoms with Crippen molar-refractivity contribution in [1.82, 2.24) is 9.97 Å². The molecule has 0 aliphatic rings. The van der Waals surface area contributed by atoms with Gasteiger partial charge in [-0.05, 0) is 19.1 Å². The van der Waals surface area contributed by atoms with Gasteiger partial charge >= 0.3 is 6.18 Å². The average Bonchev–Trinajstić information content (AvgIpc) is 2.34. The Morgan fingerprint density at radius 2 is 2.11 bits per heavy atom. The first kappa shape index (κ1) is 13.1. The Bertz CT molecular complexity index is 656. The quantitative estimate of drug-likeness (QED) is 0.784. The van der Waals surface area contributed by atoms with E-state index >= 15 is 0 Å². The molecule has 0 N–H and O–H groups in total. The Labute approximate surface area is 107 Å². The van der Waals surface area contributed by atoms with Gasteiger partial charge in [0.15, 0.2) is 0 Å². The second-order valence-corrected chi connectivity index (χ2v) is 3.73. The SMILES string of the molecule is Cc1nccc2cc(OCC#CC(F)(F)F)cnc12. The van der Waals surface area contributed by atoms with E-state index in [0.29, 0.717) is 5.75 Å². The van der Waals surface area contributed by atoms with Crippen LogP contribution >= 0.6 is 0 Å². The van der Waals surface area contributed by atoms with Gasteiger partial charge in [0.05, 0.1) is 17.4 Å². The number of rotatable bonds is 2. The van der Waals surface area contributed by atoms with Crippen LogP contribution in [0.3, 0.4) is 0 Å². The van der Waals surface area contributed by atoms with E-state index in [-0.39, 0.29) is 6.61 Å². The third-order valence-corrected chi connectivity index (χ3v) is 2.30. The molecule has 0 amide bonds. The lowest BCUT2D eigenvalue weighted by atomic mass is 10.2. The zero-order valence-electron chi connectivity index (χ0n) is 9.95. The number of hydrogen-bond acceptors (Lipinski definition) is 3. The van der Waals surface area contributed by atoms with Gasteiger partial charge < -0.3 is 4.74 Å². The fourth-order valence-electron chi connectivity index (χ4n) is 1.52. The fraction of sp³-hybridized carbons (Fsp3) is 0.231. The molecule has 0 atom stereocenters. The highest BCUT2D eigenvalue weighted by atomic mass is 19.4. The van der Waals surface area contributed by atoms with Crippen LogP contribution in [0, 0.1) is 18.8 Å². The molecule has 2 heterocycles. The second-order valence-electron chi connectivity index (χ2n) is 3.73. The summed E-state index contributed by atoms with van der Waals surface area (Å²) in [5.41, 5.74) is 1.51. The number of aromatic nitrogens is 2. The van der Waals surface area contributed by atoms with Crippen LogP contribution in [-0.4, -0.2) is 22.8 Å². The van der Waals surface area contributed by atoms with Crippen molar-refractivity contribution in [2.75, 3.05) is 6.61 Å². The zero-order valence-corrected chi connectivity index (χ0v) is 9.95. The molecule has 2 aromatic heterocycles. The van der Waals surface area contributed by atoms with Gasteiger partial charge in [0.25, 0.3) is 0 Å². The molecule has 0 saturated carbocycles. The van der Waals surface area contributed by atoms with E-state index in [1.165, 1.54) is 6.20 Å². The molecule has 6 heteroatoms. The molecule has 0 aromatic carbocycles. The van der Waals surface area contributed by atoms with Crippen molar-refractivity contribution < 1.29 is 17.9 Å². The topological polar surface area (TPSA) is 35.0 Å². The van der Waals surface area contributed by atoms with Crippen LogP contribution in [-0.2, 0) is 0 Å². The number of halogens is 3. The average molecular weight is 266 g/mol. The molecule has 0 aliphatic carbocycles. The van der Waals surface area contributed by atoms with Crippen molar-refractivity contribution in [3.05, 3.63) is 30.2 Å². The van der Waals surface area contributed by atoms with Crippen LogP contribution in [0.5, 0.6) is 5.75 Å². The van der Waals surface area contributed by atoms with E-state index in [9.17, 15) is 13.2 Å². The zero-order chi connectivity index (χ0) is 13.9. The number of hydrogen-bond donors (Lipinski definition) is 0. The van der Waals surface area contributed by atoms with Gasteiger partial charge in [0, 0.05) is 17.5 Å². The van der Waals surface area contributed by atoms with Crippen molar-refractivity contribution in [3.63, 3.8) is 0 Å². The maximum atomic E-state index is 11.8. The summed E-state index contributed by atoms with van der Waals surface area (Å²) in [5, 5.41) is 0.814. The third-order valence-electron chi connectivity index (χ3n) is 2.30. The van der Waals surface area contributed by atoms with Gasteiger partial charge in [-0.15, -0.1) is 0 Å². The van der Waals surface area contributed by atoms with E-state index < -0.39 is 6.18 Å². The van der Waals surface area contributed by atoms with Crippen molar-refractivity contribution in [2.24, 2.45) is 0 Å². The second kappa shape index (κ2) is 5.14. The van der Waals surface area contributed by atoms with Crippen LogP contribution in [0.4, 0.5) is 13.2 Å². The van der Waals surface area contributed by atoms with Gasteiger partial charge in [-0.1, -0.05) is 5.92 Å². The third kappa shape index (κ3) is 3.58. The van der Waals surface area contributed by atoms with Crippen LogP contribution in [0.15, 0.2) is 24.5 Å². The van der Waals surface area contributed by atoms with Crippen LogP contribution in [0.2, 0.25) is 0 Å². The van der Waals surface area contributed by atoms with Gasteiger partial charge in [-0.25, -0.2) is 0 Å². The minimum atomic E-state index is -4.49. The first-order valence-electron chi connectivity index (χ1n) is 5.36. The minimum absolute atomic E-state index is 0.337. The molecular weight excluding hydrogens is 257 g/mol. The molecule has 0 radical (unpaired) electrons. The molecule has 3 nitrogen and oxygen atoms in total. The van der Waals surface area contributed by atoms with Crippen molar-refractivity contribution in [2.45, 2.75) is 13.1 Å². The van der Waals surface area contributed by atoms with Gasteiger partial charge in [0.2, 0.25) is 0 Å². The molecule has 0 bridgehead atoms. The molecule has 19 heavy (non-hydrogen) atoms. The van der Waals surface area contributed by atoms with Gasteiger partial charge in [0.1, 0.15) is 12.4 Å². The Morgan fingerprint density at radius 3 is 2.84 bits per heavy atom. The van der Waals surface area contributed by atoms with Crippen molar-refractivity contribution in [3.8, 4) is 17.6 Å². The highest BCUT2D eigenvalue weighted by Gasteiger charge is 2.22. The lowest BCUT2D eigenvalue weighted by molar-refractivity contribution is -0.0698. The minimum Gasteiger partial charge on any atom is -0.479 e. The highest BCUT2D eigenvalue weighted by molar-refractivity contribution is 5.81. The molecule has 0 fully saturated rings. The number of fused-ring (bicyclic) bond motifs is 1. The predicted octanol–water partition coefficient (Wildman–Crippen LogP) is 2.88. The molecule has 0 unspecified atom stereocenters. The summed E-state index contributed by atoms with van der Waals surface area (Å²) in [5.74, 6) is 3.40. The Kier molecular flexibility index (Phi) is 3.56. The summed E-state index contributed by atoms with van der Waals surface area (Å²) < 4.78 is 40.4. The van der Waals surface area contributed by atoms with E-state index in [0.717, 1.165) is 22.5 Å². The largest absolute Gasteiger partial charge is 0.479 e. The summed E-state index contributed by atoms with van der Waals surface area (Å²) in [6.07, 6.45) is -1.42. The summed E-state index contributed by atoms with van der Waals surface area (Å²) in [7, 11) is 0. The highest BCUT2D eigenvalue weighted by Crippen LogP contribution is 2.19. The molecular formula is C13H9F3N2O. The van der Waals surface area contributed by atoms with E-state index in [4.69, 9.17) is 4.74 Å². The summed E-state index contributed by atoms with van der Waals surface area (Å²) in [4.78, 5) is 8.24. The maximum Gasteiger partial charge on any atom is 0.457 e. The number of aryl methyl sites for hydroxylation is 1. The lowest BCUT2D eigenvalue weighted by Crippen LogP contribution is -2.03.